The van der Waals surface area contributed by atoms with Crippen molar-refractivity contribution in [2.45, 2.75) is 50.6 Å². The summed E-state index contributed by atoms with van der Waals surface area (Å²) in [6.45, 7) is 0.260. The van der Waals surface area contributed by atoms with E-state index in [9.17, 15) is 4.79 Å². The summed E-state index contributed by atoms with van der Waals surface area (Å²) in [6.07, 6.45) is 6.02. The smallest absolute Gasteiger partial charge is 0.231 e. The van der Waals surface area contributed by atoms with Crippen LogP contribution in [0, 0.1) is 11.8 Å². The summed E-state index contributed by atoms with van der Waals surface area (Å²) >= 11 is 1.55. The van der Waals surface area contributed by atoms with Crippen molar-refractivity contribution in [3.05, 3.63) is 29.3 Å². The first-order valence-electron chi connectivity index (χ1n) is 10.0. The Bertz CT molecular complexity index is 870. The van der Waals surface area contributed by atoms with E-state index >= 15 is 0 Å². The number of benzene rings is 1. The second kappa shape index (κ2) is 7.37. The maximum atomic E-state index is 12.7. The standard InChI is InChI=1S/C21H25N3O3S/c22-15-6-12-2-1-3-13(7-15)20(12)24-19(25)9-16-10-28-21(23-16)14-4-5-17-18(8-14)27-11-26-17/h4-5,8,10,12-13,15,20H,1-3,6-7,9,11,22H2,(H,24,25). The number of carbonyl (C=O) groups is 1. The minimum Gasteiger partial charge on any atom is -0.454 e. The minimum absolute atomic E-state index is 0.0694. The van der Waals surface area contributed by atoms with Crippen LogP contribution < -0.4 is 20.5 Å². The number of thiazole rings is 1. The van der Waals surface area contributed by atoms with Crippen molar-refractivity contribution in [3.63, 3.8) is 0 Å². The third-order valence-corrected chi connectivity index (χ3v) is 7.16. The lowest BCUT2D eigenvalue weighted by molar-refractivity contribution is -0.122. The number of fused-ring (bicyclic) bond motifs is 3. The highest BCUT2D eigenvalue weighted by atomic mass is 32.1. The van der Waals surface area contributed by atoms with Gasteiger partial charge >= 0.3 is 0 Å². The molecule has 0 radical (unpaired) electrons. The molecule has 2 bridgehead atoms. The van der Waals surface area contributed by atoms with Crippen molar-refractivity contribution in [3.8, 4) is 22.1 Å². The van der Waals surface area contributed by atoms with E-state index in [2.05, 4.69) is 10.3 Å². The lowest BCUT2D eigenvalue weighted by atomic mass is 9.67. The maximum absolute atomic E-state index is 12.7. The van der Waals surface area contributed by atoms with Crippen LogP contribution in [0.5, 0.6) is 11.5 Å². The molecule has 3 N–H and O–H groups in total. The number of nitrogens with two attached hydrogens (primary N) is 1. The highest BCUT2D eigenvalue weighted by Gasteiger charge is 2.39. The largest absolute Gasteiger partial charge is 0.454 e. The molecule has 2 heterocycles. The Morgan fingerprint density at radius 2 is 2.00 bits per heavy atom. The molecule has 1 aliphatic heterocycles. The normalized spacial score (nSPS) is 28.2. The first-order chi connectivity index (χ1) is 13.7. The Morgan fingerprint density at radius 3 is 2.82 bits per heavy atom. The average Bonchev–Trinajstić information content (AvgIpc) is 3.31. The monoisotopic (exact) mass is 399 g/mol. The molecule has 2 unspecified atom stereocenters. The molecule has 5 rings (SSSR count). The summed E-state index contributed by atoms with van der Waals surface area (Å²) in [6, 6.07) is 6.40. The van der Waals surface area contributed by atoms with Gasteiger partial charge < -0.3 is 20.5 Å². The molecule has 7 heteroatoms. The predicted octanol–water partition coefficient (Wildman–Crippen LogP) is 3.10. The zero-order chi connectivity index (χ0) is 19.1. The molecule has 1 amide bonds. The van der Waals surface area contributed by atoms with Crippen molar-refractivity contribution in [2.24, 2.45) is 17.6 Å². The van der Waals surface area contributed by atoms with Gasteiger partial charge in [0.2, 0.25) is 12.7 Å². The van der Waals surface area contributed by atoms with Gasteiger partial charge in [-0.05, 0) is 55.7 Å². The van der Waals surface area contributed by atoms with Gasteiger partial charge in [0.1, 0.15) is 5.01 Å². The Labute approximate surface area is 168 Å². The molecule has 0 saturated heterocycles. The van der Waals surface area contributed by atoms with Gasteiger partial charge in [-0.15, -0.1) is 11.3 Å². The third-order valence-electron chi connectivity index (χ3n) is 6.22. The summed E-state index contributed by atoms with van der Waals surface area (Å²) in [4.78, 5) is 17.3. The molecule has 0 spiro atoms. The highest BCUT2D eigenvalue weighted by Crippen LogP contribution is 2.40. The van der Waals surface area contributed by atoms with Crippen molar-refractivity contribution >= 4 is 17.2 Å². The number of nitrogens with zero attached hydrogens (tertiary/aromatic N) is 1. The quantitative estimate of drug-likeness (QED) is 0.825. The first kappa shape index (κ1) is 17.9. The number of amides is 1. The molecule has 2 saturated carbocycles. The number of aromatic nitrogens is 1. The lowest BCUT2D eigenvalue weighted by Crippen LogP contribution is -2.54. The summed E-state index contributed by atoms with van der Waals surface area (Å²) < 4.78 is 10.8. The van der Waals surface area contributed by atoms with Crippen molar-refractivity contribution in [2.75, 3.05) is 6.79 Å². The van der Waals surface area contributed by atoms with Gasteiger partial charge in [-0.2, -0.15) is 0 Å². The average molecular weight is 400 g/mol. The van der Waals surface area contributed by atoms with Gasteiger partial charge in [0.15, 0.2) is 11.5 Å². The lowest BCUT2D eigenvalue weighted by Gasteiger charge is -2.45. The fourth-order valence-corrected chi connectivity index (χ4v) is 5.79. The molecular formula is C21H25N3O3S. The van der Waals surface area contributed by atoms with Crippen LogP contribution in [0.25, 0.3) is 10.6 Å². The Balaban J connectivity index is 1.24. The van der Waals surface area contributed by atoms with E-state index in [1.807, 2.05) is 23.6 Å². The summed E-state index contributed by atoms with van der Waals surface area (Å²) in [7, 11) is 0. The molecule has 1 aromatic carbocycles. The molecule has 3 aliphatic rings. The topological polar surface area (TPSA) is 86.5 Å². The number of ether oxygens (including phenoxy) is 2. The van der Waals surface area contributed by atoms with Crippen molar-refractivity contribution in [1.82, 2.24) is 10.3 Å². The molecule has 2 aromatic rings. The second-order valence-corrected chi connectivity index (χ2v) is 9.02. The molecule has 1 aromatic heterocycles. The minimum atomic E-state index is 0.0694. The fourth-order valence-electron chi connectivity index (χ4n) is 4.98. The van der Waals surface area contributed by atoms with Crippen LogP contribution in [-0.4, -0.2) is 29.8 Å². The molecule has 2 fully saturated rings. The van der Waals surface area contributed by atoms with Crippen LogP contribution in [0.4, 0.5) is 0 Å². The molecule has 6 nitrogen and oxygen atoms in total. The van der Waals surface area contributed by atoms with Gasteiger partial charge in [0.05, 0.1) is 12.1 Å². The van der Waals surface area contributed by atoms with Gasteiger partial charge in [-0.1, -0.05) is 6.42 Å². The number of hydrogen-bond donors (Lipinski definition) is 2. The molecule has 148 valence electrons. The summed E-state index contributed by atoms with van der Waals surface area (Å²) in [5, 5.41) is 6.17. The van der Waals surface area contributed by atoms with Gasteiger partial charge in [0.25, 0.3) is 0 Å². The summed E-state index contributed by atoms with van der Waals surface area (Å²) in [5.74, 6) is 2.64. The van der Waals surface area contributed by atoms with Crippen LogP contribution in [0.15, 0.2) is 23.6 Å². The van der Waals surface area contributed by atoms with Gasteiger partial charge in [-0.3, -0.25) is 4.79 Å². The molecule has 28 heavy (non-hydrogen) atoms. The number of hydrogen-bond acceptors (Lipinski definition) is 6. The Kier molecular flexibility index (Phi) is 4.72. The fraction of sp³-hybridized carbons (Fsp3) is 0.524. The van der Waals surface area contributed by atoms with E-state index in [0.29, 0.717) is 24.3 Å². The van der Waals surface area contributed by atoms with Crippen LogP contribution in [-0.2, 0) is 11.2 Å². The highest BCUT2D eigenvalue weighted by molar-refractivity contribution is 7.13. The van der Waals surface area contributed by atoms with Crippen LogP contribution in [0.2, 0.25) is 0 Å². The number of rotatable bonds is 4. The molecular weight excluding hydrogens is 374 g/mol. The van der Waals surface area contributed by atoms with E-state index in [1.165, 1.54) is 19.3 Å². The van der Waals surface area contributed by atoms with Crippen LogP contribution in [0.1, 0.15) is 37.8 Å². The van der Waals surface area contributed by atoms with E-state index in [0.717, 1.165) is 40.6 Å². The van der Waals surface area contributed by atoms with Crippen molar-refractivity contribution in [1.29, 1.82) is 0 Å². The van der Waals surface area contributed by atoms with E-state index in [-0.39, 0.29) is 18.7 Å². The third kappa shape index (κ3) is 3.49. The Morgan fingerprint density at radius 1 is 1.21 bits per heavy atom. The second-order valence-electron chi connectivity index (χ2n) is 8.16. The zero-order valence-electron chi connectivity index (χ0n) is 15.7. The van der Waals surface area contributed by atoms with E-state index in [4.69, 9.17) is 15.2 Å². The van der Waals surface area contributed by atoms with Gasteiger partial charge in [0, 0.05) is 23.0 Å². The van der Waals surface area contributed by atoms with Crippen LogP contribution in [0.3, 0.4) is 0 Å². The molecule has 2 atom stereocenters. The Hall–Kier alpha value is -2.12. The van der Waals surface area contributed by atoms with Gasteiger partial charge in [-0.25, -0.2) is 4.98 Å². The SMILES string of the molecule is NC1CC2CCCC(C1)C2NC(=O)Cc1csc(-c2ccc3c(c2)OCO3)n1. The summed E-state index contributed by atoms with van der Waals surface area (Å²) in [5.41, 5.74) is 7.99. The van der Waals surface area contributed by atoms with Crippen LogP contribution >= 0.6 is 11.3 Å². The zero-order valence-corrected chi connectivity index (χ0v) is 16.5. The predicted molar refractivity (Wildman–Crippen MR) is 107 cm³/mol. The number of nitrogens with one attached hydrogen (secondary N) is 1. The van der Waals surface area contributed by atoms with E-state index < -0.39 is 0 Å². The van der Waals surface area contributed by atoms with Crippen molar-refractivity contribution < 1.29 is 14.3 Å². The van der Waals surface area contributed by atoms with E-state index in [1.54, 1.807) is 11.3 Å². The first-order valence-corrected chi connectivity index (χ1v) is 10.9. The maximum Gasteiger partial charge on any atom is 0.231 e. The number of carbonyl (C=O) groups excluding carboxylic acids is 1. The molecule has 2 aliphatic carbocycles.